The summed E-state index contributed by atoms with van der Waals surface area (Å²) in [7, 11) is -1.41. The van der Waals surface area contributed by atoms with Crippen LogP contribution in [0, 0.1) is 0 Å². The van der Waals surface area contributed by atoms with E-state index in [0.717, 1.165) is 36.5 Å². The molecular weight excluding hydrogens is 514 g/mol. The molecule has 5 rings (SSSR count). The third-order valence-corrected chi connectivity index (χ3v) is 11.3. The van der Waals surface area contributed by atoms with Crippen LogP contribution in [0.25, 0.3) is 0 Å². The molecule has 0 saturated carbocycles. The van der Waals surface area contributed by atoms with Crippen molar-refractivity contribution in [1.29, 1.82) is 0 Å². The highest BCUT2D eigenvalue weighted by Gasteiger charge is 2.29. The SMILES string of the molecule is O=C(O)c1cccc(N2CP(c3ccccc3)CN(c3cccc(C(=O)O)c3)CP(c3ccccc3)C2)c1. The van der Waals surface area contributed by atoms with Crippen LogP contribution in [0.1, 0.15) is 20.7 Å². The van der Waals surface area contributed by atoms with E-state index in [-0.39, 0.29) is 11.1 Å². The summed E-state index contributed by atoms with van der Waals surface area (Å²) in [5.74, 6) is -1.86. The molecule has 0 spiro atoms. The van der Waals surface area contributed by atoms with Gasteiger partial charge < -0.3 is 20.0 Å². The molecule has 1 aliphatic heterocycles. The third kappa shape index (κ3) is 6.05. The van der Waals surface area contributed by atoms with Gasteiger partial charge in [-0.3, -0.25) is 0 Å². The van der Waals surface area contributed by atoms with E-state index in [9.17, 15) is 19.8 Å². The molecule has 0 aromatic heterocycles. The Balaban J connectivity index is 1.58. The van der Waals surface area contributed by atoms with Crippen LogP contribution in [0.15, 0.2) is 109 Å². The molecule has 1 heterocycles. The second kappa shape index (κ2) is 11.8. The number of nitrogens with zero attached hydrogens (tertiary/aromatic N) is 2. The zero-order valence-corrected chi connectivity index (χ0v) is 22.5. The van der Waals surface area contributed by atoms with Crippen molar-refractivity contribution in [3.8, 4) is 0 Å². The van der Waals surface area contributed by atoms with Gasteiger partial charge in [0.15, 0.2) is 0 Å². The minimum Gasteiger partial charge on any atom is -0.478 e. The first-order chi connectivity index (χ1) is 18.5. The van der Waals surface area contributed by atoms with Crippen LogP contribution in [0.5, 0.6) is 0 Å². The molecule has 1 fully saturated rings. The van der Waals surface area contributed by atoms with Crippen molar-refractivity contribution in [1.82, 2.24) is 0 Å². The van der Waals surface area contributed by atoms with E-state index in [4.69, 9.17) is 0 Å². The molecule has 0 bridgehead atoms. The fourth-order valence-corrected chi connectivity index (χ4v) is 9.64. The van der Waals surface area contributed by atoms with Gasteiger partial charge in [0, 0.05) is 36.5 Å². The predicted molar refractivity (Wildman–Crippen MR) is 157 cm³/mol. The maximum Gasteiger partial charge on any atom is 0.335 e. The number of carbonyl (C=O) groups is 2. The molecule has 6 nitrogen and oxygen atoms in total. The van der Waals surface area contributed by atoms with Crippen molar-refractivity contribution >= 4 is 49.8 Å². The maximum atomic E-state index is 11.7. The van der Waals surface area contributed by atoms with Crippen molar-refractivity contribution in [2.75, 3.05) is 34.9 Å². The van der Waals surface area contributed by atoms with E-state index in [0.29, 0.717) is 0 Å². The Hall–Kier alpha value is -3.72. The maximum absolute atomic E-state index is 11.7. The minimum absolute atomic E-state index is 0.282. The van der Waals surface area contributed by atoms with E-state index in [1.54, 1.807) is 24.3 Å². The Morgan fingerprint density at radius 2 is 0.895 bits per heavy atom. The quantitative estimate of drug-likeness (QED) is 0.298. The van der Waals surface area contributed by atoms with Gasteiger partial charge in [-0.1, -0.05) is 72.8 Å². The van der Waals surface area contributed by atoms with Gasteiger partial charge in [-0.05, 0) is 62.9 Å². The van der Waals surface area contributed by atoms with E-state index < -0.39 is 27.8 Å². The number of hydrogen-bond acceptors (Lipinski definition) is 4. The van der Waals surface area contributed by atoms with Crippen LogP contribution in [0.2, 0.25) is 0 Å². The molecule has 4 aromatic carbocycles. The molecule has 1 aliphatic rings. The summed E-state index contributed by atoms with van der Waals surface area (Å²) in [6.07, 6.45) is 3.07. The van der Waals surface area contributed by atoms with Gasteiger partial charge in [0.25, 0.3) is 0 Å². The van der Waals surface area contributed by atoms with Crippen molar-refractivity contribution in [3.63, 3.8) is 0 Å². The van der Waals surface area contributed by atoms with Gasteiger partial charge in [-0.15, -0.1) is 0 Å². The first-order valence-corrected chi connectivity index (χ1v) is 15.7. The minimum atomic E-state index is -0.931. The standard InChI is InChI=1S/C30H28N2O4P2/c33-29(34)23-9-7-11-25(17-23)31-19-37(27-13-3-1-4-14-27)20-32(26-12-8-10-24(18-26)30(35)36)22-38(21-31)28-15-5-2-6-16-28/h1-18H,19-22H2,(H,33,34)(H,35,36). The lowest BCUT2D eigenvalue weighted by Gasteiger charge is -2.41. The Morgan fingerprint density at radius 1 is 0.526 bits per heavy atom. The monoisotopic (exact) mass is 542 g/mol. The average molecular weight is 543 g/mol. The molecule has 38 heavy (non-hydrogen) atoms. The Labute approximate surface area is 224 Å². The predicted octanol–water partition coefficient (Wildman–Crippen LogP) is 5.85. The van der Waals surface area contributed by atoms with E-state index in [1.807, 2.05) is 36.4 Å². The third-order valence-electron chi connectivity index (χ3n) is 6.52. The number of aromatic carboxylic acids is 2. The number of benzene rings is 4. The summed E-state index contributed by atoms with van der Waals surface area (Å²) >= 11 is 0. The lowest BCUT2D eigenvalue weighted by atomic mass is 10.2. The highest BCUT2D eigenvalue weighted by atomic mass is 31.1. The largest absolute Gasteiger partial charge is 0.478 e. The lowest BCUT2D eigenvalue weighted by molar-refractivity contribution is 0.0686. The fourth-order valence-electron chi connectivity index (χ4n) is 4.61. The zero-order valence-electron chi connectivity index (χ0n) is 20.7. The van der Waals surface area contributed by atoms with Gasteiger partial charge in [0.2, 0.25) is 0 Å². The molecular formula is C30H28N2O4P2. The normalized spacial score (nSPS) is 17.9. The number of carboxylic acid groups (broad SMARTS) is 2. The molecule has 8 heteroatoms. The van der Waals surface area contributed by atoms with Crippen LogP contribution in [-0.2, 0) is 0 Å². The van der Waals surface area contributed by atoms with Crippen molar-refractivity contribution in [2.45, 2.75) is 0 Å². The Morgan fingerprint density at radius 3 is 1.24 bits per heavy atom. The molecule has 0 unspecified atom stereocenters. The van der Waals surface area contributed by atoms with E-state index >= 15 is 0 Å². The summed E-state index contributed by atoms with van der Waals surface area (Å²) in [6, 6.07) is 35.3. The summed E-state index contributed by atoms with van der Waals surface area (Å²) in [5.41, 5.74) is 2.39. The topological polar surface area (TPSA) is 81.1 Å². The highest BCUT2D eigenvalue weighted by molar-refractivity contribution is 7.67. The molecule has 0 amide bonds. The molecule has 4 aromatic rings. The van der Waals surface area contributed by atoms with E-state index in [2.05, 4.69) is 58.3 Å². The second-order valence-corrected chi connectivity index (χ2v) is 13.4. The number of rotatable bonds is 6. The molecule has 192 valence electrons. The van der Waals surface area contributed by atoms with Gasteiger partial charge in [0.1, 0.15) is 0 Å². The van der Waals surface area contributed by atoms with Gasteiger partial charge >= 0.3 is 11.9 Å². The number of carboxylic acids is 2. The van der Waals surface area contributed by atoms with Crippen LogP contribution >= 0.6 is 15.8 Å². The fraction of sp³-hybridized carbons (Fsp3) is 0.133. The van der Waals surface area contributed by atoms with Crippen molar-refractivity contribution in [2.24, 2.45) is 0 Å². The zero-order chi connectivity index (χ0) is 26.5. The smallest absolute Gasteiger partial charge is 0.335 e. The van der Waals surface area contributed by atoms with Crippen LogP contribution in [0.4, 0.5) is 11.4 Å². The number of anilines is 2. The average Bonchev–Trinajstić information content (AvgIpc) is 2.94. The molecule has 1 saturated heterocycles. The van der Waals surface area contributed by atoms with E-state index in [1.165, 1.54) is 10.6 Å². The lowest BCUT2D eigenvalue weighted by Crippen LogP contribution is -2.38. The highest BCUT2D eigenvalue weighted by Crippen LogP contribution is 2.47. The first kappa shape index (κ1) is 25.9. The molecule has 0 radical (unpaired) electrons. The van der Waals surface area contributed by atoms with Crippen molar-refractivity contribution < 1.29 is 19.8 Å². The summed E-state index contributed by atoms with van der Waals surface area (Å²) < 4.78 is 0. The summed E-state index contributed by atoms with van der Waals surface area (Å²) in [4.78, 5) is 28.2. The van der Waals surface area contributed by atoms with Crippen LogP contribution < -0.4 is 20.4 Å². The molecule has 0 aliphatic carbocycles. The van der Waals surface area contributed by atoms with Crippen molar-refractivity contribution in [3.05, 3.63) is 120 Å². The number of hydrogen-bond donors (Lipinski definition) is 2. The first-order valence-electron chi connectivity index (χ1n) is 12.2. The van der Waals surface area contributed by atoms with Crippen LogP contribution in [-0.4, -0.2) is 47.3 Å². The molecule has 2 N–H and O–H groups in total. The van der Waals surface area contributed by atoms with Crippen LogP contribution in [0.3, 0.4) is 0 Å². The van der Waals surface area contributed by atoms with Gasteiger partial charge in [-0.25, -0.2) is 9.59 Å². The second-order valence-electron chi connectivity index (χ2n) is 9.11. The van der Waals surface area contributed by atoms with Gasteiger partial charge in [0.05, 0.1) is 11.1 Å². The summed E-state index contributed by atoms with van der Waals surface area (Å²) in [5, 5.41) is 21.8. The Bertz CT molecular complexity index is 1300. The summed E-state index contributed by atoms with van der Waals surface area (Å²) in [6.45, 7) is 0. The molecule has 0 atom stereocenters. The van der Waals surface area contributed by atoms with Gasteiger partial charge in [-0.2, -0.15) is 0 Å². The Kier molecular flexibility index (Phi) is 8.03.